The average Bonchev–Trinajstić information content (AvgIpc) is 3.03. The van der Waals surface area contributed by atoms with Gasteiger partial charge in [-0.05, 0) is 38.1 Å². The quantitative estimate of drug-likeness (QED) is 0.670. The fourth-order valence-corrected chi connectivity index (χ4v) is 2.06. The van der Waals surface area contributed by atoms with Crippen molar-refractivity contribution in [1.29, 1.82) is 0 Å². The Morgan fingerprint density at radius 3 is 2.43 bits per heavy atom. The Morgan fingerprint density at radius 2 is 1.78 bits per heavy atom. The fraction of sp³-hybridized carbons (Fsp3) is 0.167. The summed E-state index contributed by atoms with van der Waals surface area (Å²) in [7, 11) is 0. The number of hydrogen-bond acceptors (Lipinski definition) is 5. The molecule has 23 heavy (non-hydrogen) atoms. The summed E-state index contributed by atoms with van der Waals surface area (Å²) < 4.78 is 10.8. The van der Waals surface area contributed by atoms with Crippen LogP contribution in [0, 0.1) is 6.92 Å². The van der Waals surface area contributed by atoms with Crippen molar-refractivity contribution in [3.8, 4) is 17.1 Å². The van der Waals surface area contributed by atoms with Gasteiger partial charge in [0.15, 0.2) is 12.4 Å². The predicted octanol–water partition coefficient (Wildman–Crippen LogP) is 3.83. The number of aromatic nitrogens is 2. The number of carbonyl (C=O) groups excluding carboxylic acids is 1. The van der Waals surface area contributed by atoms with E-state index in [1.54, 1.807) is 24.3 Å². The molecule has 2 aromatic carbocycles. The van der Waals surface area contributed by atoms with Crippen LogP contribution in [0.4, 0.5) is 0 Å². The molecular weight excluding hydrogens is 292 g/mol. The van der Waals surface area contributed by atoms with Crippen molar-refractivity contribution in [2.24, 2.45) is 0 Å². The Bertz CT molecular complexity index is 805. The van der Waals surface area contributed by atoms with Gasteiger partial charge in [0.2, 0.25) is 5.82 Å². The van der Waals surface area contributed by atoms with Crippen LogP contribution in [0.5, 0.6) is 5.75 Å². The fourth-order valence-electron chi connectivity index (χ4n) is 2.06. The minimum Gasteiger partial charge on any atom is -0.484 e. The van der Waals surface area contributed by atoms with Gasteiger partial charge in [0.25, 0.3) is 5.89 Å². The highest BCUT2D eigenvalue weighted by Crippen LogP contribution is 2.18. The molecule has 116 valence electrons. The van der Waals surface area contributed by atoms with Crippen molar-refractivity contribution in [3.05, 3.63) is 65.5 Å². The second-order valence-corrected chi connectivity index (χ2v) is 5.25. The lowest BCUT2D eigenvalue weighted by Gasteiger charge is -2.03. The minimum absolute atomic E-state index is 0.0243. The average molecular weight is 308 g/mol. The second-order valence-electron chi connectivity index (χ2n) is 5.25. The molecule has 0 saturated carbocycles. The number of ether oxygens (including phenoxy) is 1. The molecule has 0 aliphatic rings. The normalized spacial score (nSPS) is 10.5. The first kappa shape index (κ1) is 15.0. The summed E-state index contributed by atoms with van der Waals surface area (Å²) in [6.07, 6.45) is 0. The summed E-state index contributed by atoms with van der Waals surface area (Å²) in [5, 5.41) is 3.95. The number of hydrogen-bond donors (Lipinski definition) is 0. The topological polar surface area (TPSA) is 65.2 Å². The summed E-state index contributed by atoms with van der Waals surface area (Å²) in [6, 6.07) is 14.8. The zero-order chi connectivity index (χ0) is 16.2. The van der Waals surface area contributed by atoms with Gasteiger partial charge in [0.05, 0.1) is 0 Å². The molecule has 0 saturated heterocycles. The lowest BCUT2D eigenvalue weighted by molar-refractivity contribution is 0.101. The van der Waals surface area contributed by atoms with Crippen molar-refractivity contribution in [2.45, 2.75) is 20.5 Å². The zero-order valence-corrected chi connectivity index (χ0v) is 12.9. The van der Waals surface area contributed by atoms with E-state index in [-0.39, 0.29) is 12.4 Å². The van der Waals surface area contributed by atoms with Crippen molar-refractivity contribution < 1.29 is 14.1 Å². The molecule has 0 bridgehead atoms. The van der Waals surface area contributed by atoms with Crippen LogP contribution in [0.25, 0.3) is 11.4 Å². The third-order valence-corrected chi connectivity index (χ3v) is 3.40. The lowest BCUT2D eigenvalue weighted by Crippen LogP contribution is -1.97. The van der Waals surface area contributed by atoms with Gasteiger partial charge in [0.1, 0.15) is 5.75 Å². The molecule has 0 aliphatic heterocycles. The SMILES string of the molecule is CC(=O)c1ccc(OCc2nc(-c3ccc(C)cc3)no2)cc1. The maximum Gasteiger partial charge on any atom is 0.264 e. The summed E-state index contributed by atoms with van der Waals surface area (Å²) in [5.74, 6) is 1.60. The van der Waals surface area contributed by atoms with Crippen LogP contribution in [-0.4, -0.2) is 15.9 Å². The van der Waals surface area contributed by atoms with Crippen LogP contribution in [0.2, 0.25) is 0 Å². The van der Waals surface area contributed by atoms with E-state index in [1.807, 2.05) is 31.2 Å². The molecule has 0 atom stereocenters. The molecule has 0 radical (unpaired) electrons. The van der Waals surface area contributed by atoms with E-state index >= 15 is 0 Å². The highest BCUT2D eigenvalue weighted by atomic mass is 16.5. The van der Waals surface area contributed by atoms with Gasteiger partial charge in [0, 0.05) is 11.1 Å². The van der Waals surface area contributed by atoms with Crippen LogP contribution in [0.15, 0.2) is 53.1 Å². The Labute approximate surface area is 133 Å². The largest absolute Gasteiger partial charge is 0.484 e. The standard InChI is InChI=1S/C18H16N2O3/c1-12-3-5-15(6-4-12)18-19-17(23-20-18)11-22-16-9-7-14(8-10-16)13(2)21/h3-10H,11H2,1-2H3. The molecule has 3 aromatic rings. The third kappa shape index (κ3) is 3.63. The summed E-state index contributed by atoms with van der Waals surface area (Å²) in [5.41, 5.74) is 2.73. The van der Waals surface area contributed by atoms with Gasteiger partial charge < -0.3 is 9.26 Å². The molecule has 0 N–H and O–H groups in total. The van der Waals surface area contributed by atoms with Crippen LogP contribution < -0.4 is 4.74 Å². The van der Waals surface area contributed by atoms with Gasteiger partial charge in [-0.3, -0.25) is 4.79 Å². The molecule has 0 amide bonds. The van der Waals surface area contributed by atoms with E-state index in [9.17, 15) is 4.79 Å². The van der Waals surface area contributed by atoms with E-state index in [1.165, 1.54) is 12.5 Å². The van der Waals surface area contributed by atoms with Crippen LogP contribution in [0.1, 0.15) is 28.7 Å². The van der Waals surface area contributed by atoms with Gasteiger partial charge >= 0.3 is 0 Å². The van der Waals surface area contributed by atoms with Crippen molar-refractivity contribution in [1.82, 2.24) is 10.1 Å². The van der Waals surface area contributed by atoms with Crippen LogP contribution in [0.3, 0.4) is 0 Å². The lowest BCUT2D eigenvalue weighted by atomic mass is 10.1. The Hall–Kier alpha value is -2.95. The van der Waals surface area contributed by atoms with E-state index < -0.39 is 0 Å². The van der Waals surface area contributed by atoms with Crippen LogP contribution in [-0.2, 0) is 6.61 Å². The zero-order valence-electron chi connectivity index (χ0n) is 12.9. The molecular formula is C18H16N2O3. The van der Waals surface area contributed by atoms with E-state index in [4.69, 9.17) is 9.26 Å². The number of Topliss-reactive ketones (excluding diaryl/α,β-unsaturated/α-hetero) is 1. The molecule has 5 nitrogen and oxygen atoms in total. The predicted molar refractivity (Wildman–Crippen MR) is 85.2 cm³/mol. The second kappa shape index (κ2) is 6.44. The number of aryl methyl sites for hydroxylation is 1. The van der Waals surface area contributed by atoms with Gasteiger partial charge in [-0.15, -0.1) is 0 Å². The first-order chi connectivity index (χ1) is 11.1. The monoisotopic (exact) mass is 308 g/mol. The maximum absolute atomic E-state index is 11.2. The Kier molecular flexibility index (Phi) is 4.19. The minimum atomic E-state index is 0.0243. The van der Waals surface area contributed by atoms with Crippen molar-refractivity contribution >= 4 is 5.78 Å². The first-order valence-corrected chi connectivity index (χ1v) is 7.25. The van der Waals surface area contributed by atoms with Gasteiger partial charge in [-0.25, -0.2) is 0 Å². The summed E-state index contributed by atoms with van der Waals surface area (Å²) in [6.45, 7) is 3.73. The molecule has 1 heterocycles. The Morgan fingerprint density at radius 1 is 1.09 bits per heavy atom. The summed E-state index contributed by atoms with van der Waals surface area (Å²) >= 11 is 0. The highest BCUT2D eigenvalue weighted by molar-refractivity contribution is 5.94. The number of benzene rings is 2. The van der Waals surface area contributed by atoms with E-state index in [0.717, 1.165) is 5.56 Å². The molecule has 5 heteroatoms. The molecule has 0 unspecified atom stereocenters. The molecule has 1 aromatic heterocycles. The number of rotatable bonds is 5. The molecule has 3 rings (SSSR count). The highest BCUT2D eigenvalue weighted by Gasteiger charge is 2.09. The summed E-state index contributed by atoms with van der Waals surface area (Å²) in [4.78, 5) is 15.5. The molecule has 0 aliphatic carbocycles. The number of nitrogens with zero attached hydrogens (tertiary/aromatic N) is 2. The molecule has 0 fully saturated rings. The maximum atomic E-state index is 11.2. The van der Waals surface area contributed by atoms with Gasteiger partial charge in [-0.2, -0.15) is 4.98 Å². The smallest absolute Gasteiger partial charge is 0.264 e. The van der Waals surface area contributed by atoms with E-state index in [2.05, 4.69) is 10.1 Å². The number of ketones is 1. The van der Waals surface area contributed by atoms with Crippen molar-refractivity contribution in [3.63, 3.8) is 0 Å². The van der Waals surface area contributed by atoms with Crippen LogP contribution >= 0.6 is 0 Å². The Balaban J connectivity index is 1.65. The molecule has 0 spiro atoms. The first-order valence-electron chi connectivity index (χ1n) is 7.25. The van der Waals surface area contributed by atoms with Gasteiger partial charge in [-0.1, -0.05) is 35.0 Å². The third-order valence-electron chi connectivity index (χ3n) is 3.40. The van der Waals surface area contributed by atoms with Crippen molar-refractivity contribution in [2.75, 3.05) is 0 Å². The number of carbonyl (C=O) groups is 1. The van der Waals surface area contributed by atoms with E-state index in [0.29, 0.717) is 23.0 Å².